The molecule has 0 aromatic rings. The van der Waals surface area contributed by atoms with Gasteiger partial charge in [0.1, 0.15) is 0 Å². The van der Waals surface area contributed by atoms with E-state index in [-0.39, 0.29) is 0 Å². The Morgan fingerprint density at radius 1 is 1.12 bits per heavy atom. The molecule has 0 aromatic carbocycles. The topological polar surface area (TPSA) is 96.5 Å². The van der Waals surface area contributed by atoms with E-state index < -0.39 is 44.0 Å². The van der Waals surface area contributed by atoms with Crippen LogP contribution in [0.1, 0.15) is 0 Å². The van der Waals surface area contributed by atoms with E-state index in [2.05, 4.69) is 5.32 Å². The van der Waals surface area contributed by atoms with Crippen molar-refractivity contribution in [3.05, 3.63) is 0 Å². The molecule has 0 amide bonds. The predicted molar refractivity (Wildman–Crippen MR) is 47.1 cm³/mol. The number of aliphatic hydroxyl groups is 3. The molecule has 0 rings (SSSR count). The van der Waals surface area contributed by atoms with Crippen LogP contribution in [0.15, 0.2) is 0 Å². The van der Waals surface area contributed by atoms with E-state index in [0.29, 0.717) is 0 Å². The normalized spacial score (nSPS) is 14.6. The number of halogens is 3. The van der Waals surface area contributed by atoms with Crippen molar-refractivity contribution in [1.82, 2.24) is 5.32 Å². The predicted octanol–water partition coefficient (Wildman–Crippen LogP) is -1.01. The number of alkyl halides is 3. The van der Waals surface area contributed by atoms with E-state index in [1.165, 1.54) is 0 Å². The largest absolute Gasteiger partial charge is 0.405 e. The van der Waals surface area contributed by atoms with Crippen LogP contribution in [-0.2, 0) is 0 Å². The van der Waals surface area contributed by atoms with Crippen LogP contribution in [0.25, 0.3) is 0 Å². The molecule has 0 aliphatic heterocycles. The zero-order valence-corrected chi connectivity index (χ0v) is 8.33. The van der Waals surface area contributed by atoms with E-state index in [4.69, 9.17) is 20.6 Å². The molecular weight excluding hydrogens is 229 g/mol. The lowest BCUT2D eigenvalue weighted by atomic mass is 10.0. The molecule has 0 spiro atoms. The van der Waals surface area contributed by atoms with Gasteiger partial charge in [0.2, 0.25) is 0 Å². The van der Waals surface area contributed by atoms with Gasteiger partial charge in [0.25, 0.3) is 0 Å². The summed E-state index contributed by atoms with van der Waals surface area (Å²) >= 11 is 0. The Hall–Kier alpha value is -0.880. The highest BCUT2D eigenvalue weighted by molar-refractivity contribution is 4.94. The summed E-state index contributed by atoms with van der Waals surface area (Å²) in [7, 11) is 0. The summed E-state index contributed by atoms with van der Waals surface area (Å²) < 4.78 is 36.5. The third-order valence-electron chi connectivity index (χ3n) is 2.14. The van der Waals surface area contributed by atoms with Crippen molar-refractivity contribution in [1.29, 1.82) is 5.26 Å². The maximum absolute atomic E-state index is 12.2. The highest BCUT2D eigenvalue weighted by Gasteiger charge is 2.41. The lowest BCUT2D eigenvalue weighted by Gasteiger charge is -2.30. The SMILES string of the molecule is N#CC(CNC(CO)(CO)CO)C(F)(F)F. The molecule has 0 aliphatic rings. The number of nitrogens with zero attached hydrogens (tertiary/aromatic N) is 1. The van der Waals surface area contributed by atoms with Crippen LogP contribution in [0, 0.1) is 17.2 Å². The number of nitrogens with one attached hydrogen (secondary N) is 1. The minimum absolute atomic E-state index is 0.740. The summed E-state index contributed by atoms with van der Waals surface area (Å²) in [4.78, 5) is 0. The van der Waals surface area contributed by atoms with Crippen LogP contribution in [0.3, 0.4) is 0 Å². The molecule has 1 unspecified atom stereocenters. The third kappa shape index (κ3) is 3.94. The molecule has 0 aliphatic carbocycles. The van der Waals surface area contributed by atoms with Crippen LogP contribution >= 0.6 is 0 Å². The van der Waals surface area contributed by atoms with Crippen LogP contribution < -0.4 is 5.32 Å². The summed E-state index contributed by atoms with van der Waals surface area (Å²) in [6.07, 6.45) is -4.69. The van der Waals surface area contributed by atoms with Gasteiger partial charge in [-0.1, -0.05) is 0 Å². The second-order valence-electron chi connectivity index (χ2n) is 3.36. The Morgan fingerprint density at radius 2 is 1.56 bits per heavy atom. The first kappa shape index (κ1) is 15.1. The highest BCUT2D eigenvalue weighted by Crippen LogP contribution is 2.25. The lowest BCUT2D eigenvalue weighted by molar-refractivity contribution is -0.159. The molecule has 94 valence electrons. The van der Waals surface area contributed by atoms with Crippen molar-refractivity contribution >= 4 is 0 Å². The first-order valence-corrected chi connectivity index (χ1v) is 4.39. The average Bonchev–Trinajstić information content (AvgIpc) is 2.24. The smallest absolute Gasteiger partial charge is 0.394 e. The van der Waals surface area contributed by atoms with Crippen molar-refractivity contribution in [2.75, 3.05) is 26.4 Å². The second-order valence-corrected chi connectivity index (χ2v) is 3.36. The van der Waals surface area contributed by atoms with Crippen molar-refractivity contribution in [2.45, 2.75) is 11.7 Å². The summed E-state index contributed by atoms with van der Waals surface area (Å²) in [5, 5.41) is 36.9. The minimum Gasteiger partial charge on any atom is -0.394 e. The fourth-order valence-electron chi connectivity index (χ4n) is 0.871. The van der Waals surface area contributed by atoms with Gasteiger partial charge in [-0.25, -0.2) is 0 Å². The van der Waals surface area contributed by atoms with Gasteiger partial charge in [-0.05, 0) is 0 Å². The molecule has 0 saturated heterocycles. The molecule has 5 nitrogen and oxygen atoms in total. The molecule has 8 heteroatoms. The number of hydrogen-bond acceptors (Lipinski definition) is 5. The van der Waals surface area contributed by atoms with Crippen molar-refractivity contribution in [3.63, 3.8) is 0 Å². The van der Waals surface area contributed by atoms with E-state index in [1.54, 1.807) is 0 Å². The molecule has 0 bridgehead atoms. The Balaban J connectivity index is 4.47. The van der Waals surface area contributed by atoms with Crippen LogP contribution in [0.5, 0.6) is 0 Å². The van der Waals surface area contributed by atoms with Gasteiger partial charge < -0.3 is 20.6 Å². The average molecular weight is 242 g/mol. The summed E-state index contributed by atoms with van der Waals surface area (Å²) in [5.74, 6) is -2.25. The van der Waals surface area contributed by atoms with Crippen LogP contribution in [-0.4, -0.2) is 53.4 Å². The quantitative estimate of drug-likeness (QED) is 0.479. The van der Waals surface area contributed by atoms with Gasteiger partial charge in [-0.15, -0.1) is 0 Å². The van der Waals surface area contributed by atoms with Gasteiger partial charge >= 0.3 is 6.18 Å². The molecule has 0 radical (unpaired) electrons. The minimum atomic E-state index is -4.69. The second kappa shape index (κ2) is 6.00. The fraction of sp³-hybridized carbons (Fsp3) is 0.875. The van der Waals surface area contributed by atoms with Gasteiger partial charge in [-0.3, -0.25) is 0 Å². The number of nitriles is 1. The molecule has 0 heterocycles. The van der Waals surface area contributed by atoms with Crippen molar-refractivity contribution in [3.8, 4) is 6.07 Å². The van der Waals surface area contributed by atoms with Gasteiger partial charge in [0, 0.05) is 6.54 Å². The van der Waals surface area contributed by atoms with Crippen molar-refractivity contribution < 1.29 is 28.5 Å². The zero-order valence-electron chi connectivity index (χ0n) is 8.33. The Morgan fingerprint density at radius 3 is 1.81 bits per heavy atom. The first-order chi connectivity index (χ1) is 7.35. The first-order valence-electron chi connectivity index (χ1n) is 4.39. The maximum Gasteiger partial charge on any atom is 0.405 e. The van der Waals surface area contributed by atoms with Crippen molar-refractivity contribution in [2.24, 2.45) is 5.92 Å². The van der Waals surface area contributed by atoms with Gasteiger partial charge in [0.15, 0.2) is 5.92 Å². The summed E-state index contributed by atoms with van der Waals surface area (Å²) in [6.45, 7) is -3.02. The standard InChI is InChI=1S/C8H13F3N2O3/c9-8(10,11)6(1-12)2-13-7(3-14,4-15)5-16/h6,13-16H,2-5H2. The van der Waals surface area contributed by atoms with Crippen LogP contribution in [0.2, 0.25) is 0 Å². The Kier molecular flexibility index (Phi) is 5.67. The fourth-order valence-corrected chi connectivity index (χ4v) is 0.871. The molecule has 1 atom stereocenters. The highest BCUT2D eigenvalue weighted by atomic mass is 19.4. The third-order valence-corrected chi connectivity index (χ3v) is 2.14. The van der Waals surface area contributed by atoms with E-state index in [9.17, 15) is 13.2 Å². The monoisotopic (exact) mass is 242 g/mol. The molecule has 0 aromatic heterocycles. The summed E-state index contributed by atoms with van der Waals surface area (Å²) in [5.41, 5.74) is -1.61. The Labute approximate surface area is 90.1 Å². The summed E-state index contributed by atoms with van der Waals surface area (Å²) in [6, 6.07) is 1.05. The molecule has 0 fully saturated rings. The van der Waals surface area contributed by atoms with E-state index >= 15 is 0 Å². The van der Waals surface area contributed by atoms with Gasteiger partial charge in [-0.2, -0.15) is 18.4 Å². The van der Waals surface area contributed by atoms with E-state index in [1.807, 2.05) is 0 Å². The van der Waals surface area contributed by atoms with Crippen LogP contribution in [0.4, 0.5) is 13.2 Å². The molecule has 4 N–H and O–H groups in total. The lowest BCUT2D eigenvalue weighted by Crippen LogP contribution is -2.56. The molecule has 16 heavy (non-hydrogen) atoms. The number of hydrogen-bond donors (Lipinski definition) is 4. The van der Waals surface area contributed by atoms with E-state index in [0.717, 1.165) is 6.07 Å². The number of rotatable bonds is 6. The van der Waals surface area contributed by atoms with Gasteiger partial charge in [0.05, 0.1) is 31.4 Å². The number of aliphatic hydroxyl groups excluding tert-OH is 3. The molecular formula is C8H13F3N2O3. The zero-order chi connectivity index (χ0) is 12.8. The maximum atomic E-state index is 12.2. The Bertz CT molecular complexity index is 240. The molecule has 0 saturated carbocycles.